The Morgan fingerprint density at radius 1 is 1.57 bits per heavy atom. The van der Waals surface area contributed by atoms with E-state index < -0.39 is 0 Å². The molecule has 14 heavy (non-hydrogen) atoms. The first-order valence-corrected chi connectivity index (χ1v) is 4.44. The Bertz CT molecular complexity index is 323. The van der Waals surface area contributed by atoms with Gasteiger partial charge in [-0.2, -0.15) is 0 Å². The molecule has 2 nitrogen and oxygen atoms in total. The van der Waals surface area contributed by atoms with E-state index in [4.69, 9.17) is 10.5 Å². The van der Waals surface area contributed by atoms with Crippen LogP contribution in [0.1, 0.15) is 5.56 Å². The van der Waals surface area contributed by atoms with Crippen LogP contribution in [0.2, 0.25) is 0 Å². The van der Waals surface area contributed by atoms with E-state index in [0.29, 0.717) is 11.9 Å². The lowest BCUT2D eigenvalue weighted by Gasteiger charge is -2.07. The van der Waals surface area contributed by atoms with Gasteiger partial charge in [0.1, 0.15) is 12.4 Å². The molecular formula is C11H14FNO. The molecule has 0 spiro atoms. The van der Waals surface area contributed by atoms with Gasteiger partial charge in [0.15, 0.2) is 0 Å². The van der Waals surface area contributed by atoms with Crippen LogP contribution in [0.4, 0.5) is 4.39 Å². The Morgan fingerprint density at radius 2 is 2.36 bits per heavy atom. The molecule has 0 amide bonds. The van der Waals surface area contributed by atoms with E-state index in [1.807, 2.05) is 31.2 Å². The van der Waals surface area contributed by atoms with Gasteiger partial charge in [0.25, 0.3) is 0 Å². The van der Waals surface area contributed by atoms with E-state index >= 15 is 0 Å². The minimum Gasteiger partial charge on any atom is -0.489 e. The lowest BCUT2D eigenvalue weighted by molar-refractivity contribution is 0.347. The number of aryl methyl sites for hydroxylation is 1. The van der Waals surface area contributed by atoms with E-state index in [0.717, 1.165) is 11.3 Å². The van der Waals surface area contributed by atoms with Crippen LogP contribution in [0.3, 0.4) is 0 Å². The van der Waals surface area contributed by atoms with Gasteiger partial charge < -0.3 is 10.5 Å². The fourth-order valence-corrected chi connectivity index (χ4v) is 1.02. The molecule has 0 saturated carbocycles. The van der Waals surface area contributed by atoms with Crippen molar-refractivity contribution in [1.29, 1.82) is 0 Å². The molecule has 0 aliphatic carbocycles. The average Bonchev–Trinajstić information content (AvgIpc) is 2.19. The van der Waals surface area contributed by atoms with Gasteiger partial charge in [-0.15, -0.1) is 0 Å². The molecule has 0 fully saturated rings. The molecular weight excluding hydrogens is 181 g/mol. The number of nitrogens with two attached hydrogens (primary N) is 1. The minimum atomic E-state index is 0.183. The Balaban J connectivity index is 2.53. The number of ether oxygens (including phenoxy) is 1. The zero-order valence-corrected chi connectivity index (χ0v) is 8.16. The van der Waals surface area contributed by atoms with Crippen molar-refractivity contribution >= 4 is 0 Å². The molecule has 0 saturated heterocycles. The van der Waals surface area contributed by atoms with E-state index in [-0.39, 0.29) is 13.2 Å². The molecule has 2 N–H and O–H groups in total. The second-order valence-electron chi connectivity index (χ2n) is 3.08. The van der Waals surface area contributed by atoms with E-state index in [1.54, 1.807) is 0 Å². The number of rotatable bonds is 4. The number of benzene rings is 1. The first-order chi connectivity index (χ1) is 6.76. The summed E-state index contributed by atoms with van der Waals surface area (Å²) in [5.41, 5.74) is 6.85. The van der Waals surface area contributed by atoms with Crippen molar-refractivity contribution in [3.8, 4) is 5.75 Å². The van der Waals surface area contributed by atoms with Gasteiger partial charge in [-0.3, -0.25) is 0 Å². The zero-order valence-electron chi connectivity index (χ0n) is 8.16. The number of halogens is 1. The van der Waals surface area contributed by atoms with Gasteiger partial charge in [0.2, 0.25) is 0 Å². The highest BCUT2D eigenvalue weighted by atomic mass is 19.1. The fourth-order valence-electron chi connectivity index (χ4n) is 1.02. The van der Waals surface area contributed by atoms with Crippen LogP contribution in [0.5, 0.6) is 5.75 Å². The molecule has 0 atom stereocenters. The lowest BCUT2D eigenvalue weighted by atomic mass is 10.2. The third kappa shape index (κ3) is 3.18. The van der Waals surface area contributed by atoms with Gasteiger partial charge in [-0.25, -0.2) is 4.39 Å². The summed E-state index contributed by atoms with van der Waals surface area (Å²) in [7, 11) is 0. The maximum Gasteiger partial charge on any atom is 0.120 e. The maximum absolute atomic E-state index is 12.1. The lowest BCUT2D eigenvalue weighted by Crippen LogP contribution is -2.10. The van der Waals surface area contributed by atoms with Crippen LogP contribution in [0.15, 0.2) is 36.2 Å². The third-order valence-electron chi connectivity index (χ3n) is 1.83. The monoisotopic (exact) mass is 195 g/mol. The quantitative estimate of drug-likeness (QED) is 0.799. The van der Waals surface area contributed by atoms with E-state index in [2.05, 4.69) is 0 Å². The molecule has 0 aliphatic heterocycles. The average molecular weight is 195 g/mol. The molecule has 0 heterocycles. The van der Waals surface area contributed by atoms with Crippen molar-refractivity contribution in [2.45, 2.75) is 6.92 Å². The molecule has 3 heteroatoms. The standard InChI is InChI=1S/C11H14FNO/c1-9-3-2-4-11(5-9)14-8-10(6-12)7-13/h2-6H,7-8,13H2,1H3/b10-6+. The van der Waals surface area contributed by atoms with Crippen LogP contribution >= 0.6 is 0 Å². The van der Waals surface area contributed by atoms with Crippen molar-refractivity contribution in [3.63, 3.8) is 0 Å². The SMILES string of the molecule is Cc1cccc(OC/C(=C/F)CN)c1. The topological polar surface area (TPSA) is 35.2 Å². The predicted octanol–water partition coefficient (Wildman–Crippen LogP) is 2.19. The summed E-state index contributed by atoms with van der Waals surface area (Å²) in [4.78, 5) is 0. The van der Waals surface area contributed by atoms with Crippen LogP contribution in [0.25, 0.3) is 0 Å². The Labute approximate surface area is 83.2 Å². The molecule has 0 bridgehead atoms. The normalized spacial score (nSPS) is 11.5. The highest BCUT2D eigenvalue weighted by Crippen LogP contribution is 2.13. The van der Waals surface area contributed by atoms with E-state index in [1.165, 1.54) is 0 Å². The van der Waals surface area contributed by atoms with Crippen molar-refractivity contribution < 1.29 is 9.13 Å². The van der Waals surface area contributed by atoms with Crippen molar-refractivity contribution in [1.82, 2.24) is 0 Å². The van der Waals surface area contributed by atoms with Crippen molar-refractivity contribution in [2.75, 3.05) is 13.2 Å². The molecule has 1 rings (SSSR count). The Hall–Kier alpha value is -1.35. The first-order valence-electron chi connectivity index (χ1n) is 4.44. The number of hydrogen-bond acceptors (Lipinski definition) is 2. The number of hydrogen-bond donors (Lipinski definition) is 1. The Kier molecular flexibility index (Phi) is 4.13. The zero-order chi connectivity index (χ0) is 10.4. The van der Waals surface area contributed by atoms with Crippen LogP contribution in [-0.2, 0) is 0 Å². The molecule has 0 unspecified atom stereocenters. The maximum atomic E-state index is 12.1. The smallest absolute Gasteiger partial charge is 0.120 e. The second-order valence-corrected chi connectivity index (χ2v) is 3.08. The fraction of sp³-hybridized carbons (Fsp3) is 0.273. The third-order valence-corrected chi connectivity index (χ3v) is 1.83. The summed E-state index contributed by atoms with van der Waals surface area (Å²) >= 11 is 0. The van der Waals surface area contributed by atoms with Crippen molar-refractivity contribution in [2.24, 2.45) is 5.73 Å². The summed E-state index contributed by atoms with van der Waals surface area (Å²) in [6, 6.07) is 7.60. The highest BCUT2D eigenvalue weighted by molar-refractivity contribution is 5.27. The summed E-state index contributed by atoms with van der Waals surface area (Å²) in [6.07, 6.45) is 0.496. The summed E-state index contributed by atoms with van der Waals surface area (Å²) in [5, 5.41) is 0. The van der Waals surface area contributed by atoms with Gasteiger partial charge in [0.05, 0.1) is 6.33 Å². The molecule has 0 aromatic heterocycles. The first kappa shape index (κ1) is 10.7. The van der Waals surface area contributed by atoms with E-state index in [9.17, 15) is 4.39 Å². The highest BCUT2D eigenvalue weighted by Gasteiger charge is 1.97. The van der Waals surface area contributed by atoms with Crippen molar-refractivity contribution in [3.05, 3.63) is 41.7 Å². The molecule has 1 aromatic rings. The molecule has 1 aromatic carbocycles. The summed E-state index contributed by atoms with van der Waals surface area (Å²) < 4.78 is 17.5. The second kappa shape index (κ2) is 5.40. The molecule has 76 valence electrons. The van der Waals surface area contributed by atoms with Gasteiger partial charge in [-0.1, -0.05) is 12.1 Å². The predicted molar refractivity (Wildman–Crippen MR) is 54.9 cm³/mol. The van der Waals surface area contributed by atoms with Gasteiger partial charge >= 0.3 is 0 Å². The molecule has 0 aliphatic rings. The van der Waals surface area contributed by atoms with Gasteiger partial charge in [-0.05, 0) is 24.6 Å². The van der Waals surface area contributed by atoms with Crippen LogP contribution in [-0.4, -0.2) is 13.2 Å². The largest absolute Gasteiger partial charge is 0.489 e. The van der Waals surface area contributed by atoms with Crippen LogP contribution in [0, 0.1) is 6.92 Å². The summed E-state index contributed by atoms with van der Waals surface area (Å²) in [5.74, 6) is 0.734. The molecule has 0 radical (unpaired) electrons. The minimum absolute atomic E-state index is 0.183. The Morgan fingerprint density at radius 3 is 2.93 bits per heavy atom. The summed E-state index contributed by atoms with van der Waals surface area (Å²) in [6.45, 7) is 2.36. The van der Waals surface area contributed by atoms with Gasteiger partial charge in [0, 0.05) is 12.1 Å². The van der Waals surface area contributed by atoms with Crippen LogP contribution < -0.4 is 10.5 Å².